The lowest BCUT2D eigenvalue weighted by atomic mass is 9.90. The number of likely N-dealkylation sites (N-methyl/N-ethyl adjacent to an activating group) is 1. The van der Waals surface area contributed by atoms with Crippen molar-refractivity contribution in [3.63, 3.8) is 0 Å². The summed E-state index contributed by atoms with van der Waals surface area (Å²) in [5.74, 6) is 0.298. The number of aromatic nitrogens is 1. The topological polar surface area (TPSA) is 52.7 Å². The van der Waals surface area contributed by atoms with Gasteiger partial charge >= 0.3 is 0 Å². The highest BCUT2D eigenvalue weighted by molar-refractivity contribution is 5.95. The third-order valence-corrected chi connectivity index (χ3v) is 5.79. The lowest BCUT2D eigenvalue weighted by Crippen LogP contribution is -2.92. The molecule has 4 rings (SSSR count). The first-order chi connectivity index (χ1) is 14.6. The average Bonchev–Trinajstić information content (AvgIpc) is 3.23. The van der Waals surface area contributed by atoms with Crippen LogP contribution >= 0.6 is 0 Å². The Morgan fingerprint density at radius 1 is 0.933 bits per heavy atom. The van der Waals surface area contributed by atoms with Crippen LogP contribution in [-0.4, -0.2) is 30.5 Å². The Labute approximate surface area is 177 Å². The maximum absolute atomic E-state index is 13.0. The molecule has 0 fully saturated rings. The first-order valence-electron chi connectivity index (χ1n) is 10.4. The summed E-state index contributed by atoms with van der Waals surface area (Å²) in [5, 5.41) is 3.39. The van der Waals surface area contributed by atoms with Crippen molar-refractivity contribution in [3.8, 4) is 0 Å². The van der Waals surface area contributed by atoms with Crippen LogP contribution in [0, 0.1) is 0 Å². The maximum atomic E-state index is 13.0. The van der Waals surface area contributed by atoms with Gasteiger partial charge in [0.15, 0.2) is 6.04 Å². The van der Waals surface area contributed by atoms with Crippen LogP contribution in [0.25, 0.3) is 10.9 Å². The molecule has 0 saturated heterocycles. The summed E-state index contributed by atoms with van der Waals surface area (Å²) in [5.41, 5.74) is 4.58. The van der Waals surface area contributed by atoms with Crippen molar-refractivity contribution < 1.29 is 10.1 Å². The summed E-state index contributed by atoms with van der Waals surface area (Å²) in [6.07, 6.45) is 2.11. The number of quaternary nitrogens is 1. The number of nitrogens with two attached hydrogens (primary N) is 1. The zero-order valence-electron chi connectivity index (χ0n) is 17.5. The summed E-state index contributed by atoms with van der Waals surface area (Å²) >= 11 is 0. The number of amides is 1. The third-order valence-electron chi connectivity index (χ3n) is 5.79. The Kier molecular flexibility index (Phi) is 5.96. The van der Waals surface area contributed by atoms with Gasteiger partial charge in [0, 0.05) is 29.8 Å². The molecule has 0 unspecified atom stereocenters. The quantitative estimate of drug-likeness (QED) is 0.487. The minimum Gasteiger partial charge on any atom is -0.361 e. The van der Waals surface area contributed by atoms with E-state index in [2.05, 4.69) is 59.0 Å². The van der Waals surface area contributed by atoms with Crippen molar-refractivity contribution in [2.75, 3.05) is 18.5 Å². The number of anilines is 1. The second kappa shape index (κ2) is 8.97. The fraction of sp³-hybridized carbons (Fsp3) is 0.192. The number of hydrogen-bond acceptors (Lipinski definition) is 1. The summed E-state index contributed by atoms with van der Waals surface area (Å²) in [6, 6.07) is 28.5. The normalized spacial score (nSPS) is 13.1. The monoisotopic (exact) mass is 398 g/mol. The number of nitrogens with zero attached hydrogens (tertiary/aromatic N) is 1. The fourth-order valence-corrected chi connectivity index (χ4v) is 4.04. The van der Waals surface area contributed by atoms with E-state index in [4.69, 9.17) is 0 Å². The minimum absolute atomic E-state index is 0.104. The van der Waals surface area contributed by atoms with E-state index in [0.717, 1.165) is 17.7 Å². The van der Waals surface area contributed by atoms with Gasteiger partial charge in [0.1, 0.15) is 0 Å². The molecule has 0 spiro atoms. The van der Waals surface area contributed by atoms with Crippen LogP contribution < -0.4 is 10.2 Å². The molecule has 0 aliphatic rings. The number of rotatable bonds is 7. The molecule has 0 radical (unpaired) electrons. The van der Waals surface area contributed by atoms with Gasteiger partial charge in [0.05, 0.1) is 12.5 Å². The van der Waals surface area contributed by atoms with Gasteiger partial charge in [-0.3, -0.25) is 4.79 Å². The van der Waals surface area contributed by atoms with Crippen LogP contribution in [0.5, 0.6) is 0 Å². The lowest BCUT2D eigenvalue weighted by molar-refractivity contribution is -0.674. The van der Waals surface area contributed by atoms with E-state index in [0.29, 0.717) is 0 Å². The van der Waals surface area contributed by atoms with Crippen LogP contribution in [0.1, 0.15) is 24.0 Å². The molecule has 3 N–H and O–H groups in total. The molecule has 152 valence electrons. The van der Waals surface area contributed by atoms with Gasteiger partial charge < -0.3 is 15.2 Å². The van der Waals surface area contributed by atoms with Gasteiger partial charge in [-0.1, -0.05) is 66.7 Å². The number of benzene rings is 3. The van der Waals surface area contributed by atoms with Gasteiger partial charge in [-0.2, -0.15) is 0 Å². The van der Waals surface area contributed by atoms with Crippen LogP contribution in [0.15, 0.2) is 91.1 Å². The Morgan fingerprint density at radius 3 is 2.30 bits per heavy atom. The highest BCUT2D eigenvalue weighted by Gasteiger charge is 2.25. The molecule has 2 atom stereocenters. The molecule has 0 saturated carbocycles. The second-order valence-electron chi connectivity index (χ2n) is 7.75. The first-order valence-corrected chi connectivity index (χ1v) is 10.4. The molecular formula is C26H28N3O+. The Bertz CT molecular complexity index is 1100. The first kappa shape index (κ1) is 19.9. The number of carbonyl (C=O) groups is 1. The smallest absolute Gasteiger partial charge is 0.284 e. The molecule has 1 heterocycles. The standard InChI is InChI=1S/C26H27N3O/c1-19(26(30)29(2)21-13-7-4-8-14-21)27-17-23(20-11-5-3-6-12-20)24-18-28-25-16-10-9-15-22(24)25/h3-16,18-19,23,27-28H,17H2,1-2H3/p+1/t19-,23+/m0/s1. The second-order valence-corrected chi connectivity index (χ2v) is 7.75. The number of hydrogen-bond donors (Lipinski definition) is 2. The lowest BCUT2D eigenvalue weighted by Gasteiger charge is -2.22. The van der Waals surface area contributed by atoms with Crippen molar-refractivity contribution in [3.05, 3.63) is 102 Å². The molecule has 30 heavy (non-hydrogen) atoms. The molecule has 1 aromatic heterocycles. The van der Waals surface area contributed by atoms with E-state index in [1.807, 2.05) is 56.4 Å². The minimum atomic E-state index is -0.174. The van der Waals surface area contributed by atoms with Crippen molar-refractivity contribution >= 4 is 22.5 Å². The van der Waals surface area contributed by atoms with Crippen LogP contribution in [0.2, 0.25) is 0 Å². The van der Waals surface area contributed by atoms with E-state index in [9.17, 15) is 4.79 Å². The molecule has 4 heteroatoms. The summed E-state index contributed by atoms with van der Waals surface area (Å²) < 4.78 is 0. The third kappa shape index (κ3) is 4.14. The van der Waals surface area contributed by atoms with Gasteiger partial charge in [-0.05, 0) is 36.2 Å². The number of aromatic amines is 1. The SMILES string of the molecule is C[C@H]([NH2+]C[C@H](c1ccccc1)c1c[nH]c2ccccc12)C(=O)N(C)c1ccccc1. The zero-order valence-corrected chi connectivity index (χ0v) is 17.5. The summed E-state index contributed by atoms with van der Waals surface area (Å²) in [6.45, 7) is 2.78. The predicted molar refractivity (Wildman–Crippen MR) is 123 cm³/mol. The Hall–Kier alpha value is -3.37. The number of carbonyl (C=O) groups excluding carboxylic acids is 1. The van der Waals surface area contributed by atoms with Crippen LogP contribution in [0.4, 0.5) is 5.69 Å². The number of fused-ring (bicyclic) bond motifs is 1. The van der Waals surface area contributed by atoms with E-state index >= 15 is 0 Å². The highest BCUT2D eigenvalue weighted by atomic mass is 16.2. The van der Waals surface area contributed by atoms with Gasteiger partial charge in [-0.15, -0.1) is 0 Å². The van der Waals surface area contributed by atoms with Crippen molar-refractivity contribution in [1.29, 1.82) is 0 Å². The Balaban J connectivity index is 1.55. The molecular weight excluding hydrogens is 370 g/mol. The van der Waals surface area contributed by atoms with Crippen molar-refractivity contribution in [1.82, 2.24) is 4.98 Å². The Morgan fingerprint density at radius 2 is 1.57 bits per heavy atom. The zero-order chi connectivity index (χ0) is 20.9. The molecule has 0 aliphatic heterocycles. The summed E-state index contributed by atoms with van der Waals surface area (Å²) in [4.78, 5) is 18.1. The van der Waals surface area contributed by atoms with Crippen LogP contribution in [-0.2, 0) is 4.79 Å². The van der Waals surface area contributed by atoms with Crippen molar-refractivity contribution in [2.24, 2.45) is 0 Å². The van der Waals surface area contributed by atoms with E-state index < -0.39 is 0 Å². The van der Waals surface area contributed by atoms with Crippen molar-refractivity contribution in [2.45, 2.75) is 18.9 Å². The van der Waals surface area contributed by atoms with E-state index in [-0.39, 0.29) is 17.9 Å². The molecule has 4 nitrogen and oxygen atoms in total. The molecule has 4 aromatic rings. The van der Waals surface area contributed by atoms with Gasteiger partial charge in [0.25, 0.3) is 5.91 Å². The van der Waals surface area contributed by atoms with Gasteiger partial charge in [0.2, 0.25) is 0 Å². The number of nitrogens with one attached hydrogen (secondary N) is 1. The fourth-order valence-electron chi connectivity index (χ4n) is 4.04. The largest absolute Gasteiger partial charge is 0.361 e. The highest BCUT2D eigenvalue weighted by Crippen LogP contribution is 2.29. The number of H-pyrrole nitrogens is 1. The molecule has 1 amide bonds. The summed E-state index contributed by atoms with van der Waals surface area (Å²) in [7, 11) is 1.84. The predicted octanol–water partition coefficient (Wildman–Crippen LogP) is 3.91. The average molecular weight is 399 g/mol. The molecule has 3 aromatic carbocycles. The number of para-hydroxylation sites is 2. The maximum Gasteiger partial charge on any atom is 0.284 e. The molecule has 0 aliphatic carbocycles. The molecule has 0 bridgehead atoms. The van der Waals surface area contributed by atoms with Gasteiger partial charge in [-0.25, -0.2) is 0 Å². The van der Waals surface area contributed by atoms with E-state index in [1.165, 1.54) is 16.5 Å². The van der Waals surface area contributed by atoms with Crippen LogP contribution in [0.3, 0.4) is 0 Å². The van der Waals surface area contributed by atoms with E-state index in [1.54, 1.807) is 4.90 Å².